The normalized spacial score (nSPS) is 20.8. The zero-order chi connectivity index (χ0) is 17.8. The Morgan fingerprint density at radius 2 is 2.08 bits per heavy atom. The number of tetrazole rings is 1. The number of hydrogen-bond acceptors (Lipinski definition) is 5. The van der Waals surface area contributed by atoms with Gasteiger partial charge in [0.15, 0.2) is 6.04 Å². The van der Waals surface area contributed by atoms with Crippen molar-refractivity contribution in [1.29, 1.82) is 0 Å². The van der Waals surface area contributed by atoms with E-state index < -0.39 is 6.04 Å². The highest BCUT2D eigenvalue weighted by atomic mass is 16.3. The molecule has 2 aromatic rings. The van der Waals surface area contributed by atoms with Crippen LogP contribution in [0.5, 0.6) is 0 Å². The highest BCUT2D eigenvalue weighted by molar-refractivity contribution is 5.81. The van der Waals surface area contributed by atoms with Crippen LogP contribution < -0.4 is 5.32 Å². The zero-order valence-electron chi connectivity index (χ0n) is 14.4. The molecule has 7 heteroatoms. The van der Waals surface area contributed by atoms with Crippen LogP contribution in [-0.2, 0) is 4.79 Å². The van der Waals surface area contributed by atoms with Crippen LogP contribution in [-0.4, -0.2) is 43.9 Å². The minimum absolute atomic E-state index is 0.0110. The Morgan fingerprint density at radius 1 is 1.32 bits per heavy atom. The monoisotopic (exact) mass is 341 g/mol. The SMILES string of the molecule is CC(C)[C@H](C(=O)N[C@@H]1C=C[C@H](CO)C1)n1nnc(-c2ccccc2)n1. The summed E-state index contributed by atoms with van der Waals surface area (Å²) in [6.45, 7) is 4.01. The second-order valence-electron chi connectivity index (χ2n) is 6.67. The van der Waals surface area contributed by atoms with E-state index in [9.17, 15) is 9.90 Å². The molecule has 7 nitrogen and oxygen atoms in total. The number of rotatable bonds is 6. The minimum Gasteiger partial charge on any atom is -0.396 e. The van der Waals surface area contributed by atoms with Crippen LogP contribution in [0, 0.1) is 11.8 Å². The van der Waals surface area contributed by atoms with E-state index in [2.05, 4.69) is 20.7 Å². The number of aliphatic hydroxyl groups is 1. The van der Waals surface area contributed by atoms with Crippen molar-refractivity contribution < 1.29 is 9.90 Å². The zero-order valence-corrected chi connectivity index (χ0v) is 14.4. The predicted molar refractivity (Wildman–Crippen MR) is 93.4 cm³/mol. The molecule has 0 radical (unpaired) electrons. The van der Waals surface area contributed by atoms with Crippen molar-refractivity contribution >= 4 is 5.91 Å². The maximum absolute atomic E-state index is 12.7. The molecule has 1 aromatic heterocycles. The van der Waals surface area contributed by atoms with Crippen LogP contribution in [0.1, 0.15) is 26.3 Å². The molecule has 0 unspecified atom stereocenters. The second-order valence-corrected chi connectivity index (χ2v) is 6.67. The Labute approximate surface area is 146 Å². The van der Waals surface area contributed by atoms with Crippen molar-refractivity contribution in [3.63, 3.8) is 0 Å². The molecule has 1 aromatic carbocycles. The van der Waals surface area contributed by atoms with Gasteiger partial charge in [-0.3, -0.25) is 4.79 Å². The topological polar surface area (TPSA) is 92.9 Å². The second kappa shape index (κ2) is 7.57. The van der Waals surface area contributed by atoms with E-state index in [4.69, 9.17) is 0 Å². The molecule has 0 spiro atoms. The number of benzene rings is 1. The number of nitrogens with zero attached hydrogens (tertiary/aromatic N) is 4. The summed E-state index contributed by atoms with van der Waals surface area (Å²) in [4.78, 5) is 14.1. The first-order chi connectivity index (χ1) is 12.1. The third kappa shape index (κ3) is 3.93. The number of carbonyl (C=O) groups is 1. The van der Waals surface area contributed by atoms with Crippen LogP contribution in [0.25, 0.3) is 11.4 Å². The Kier molecular flexibility index (Phi) is 5.23. The number of amides is 1. The van der Waals surface area contributed by atoms with Crippen molar-refractivity contribution in [3.8, 4) is 11.4 Å². The van der Waals surface area contributed by atoms with Crippen LogP contribution in [0.15, 0.2) is 42.5 Å². The quantitative estimate of drug-likeness (QED) is 0.778. The first kappa shape index (κ1) is 17.3. The lowest BCUT2D eigenvalue weighted by Crippen LogP contribution is -2.41. The summed E-state index contributed by atoms with van der Waals surface area (Å²) in [6.07, 6.45) is 4.59. The van der Waals surface area contributed by atoms with E-state index in [1.165, 1.54) is 4.80 Å². The van der Waals surface area contributed by atoms with Gasteiger partial charge in [0.2, 0.25) is 11.7 Å². The summed E-state index contributed by atoms with van der Waals surface area (Å²) >= 11 is 0. The van der Waals surface area contributed by atoms with Crippen molar-refractivity contribution in [2.75, 3.05) is 6.61 Å². The van der Waals surface area contributed by atoms with Gasteiger partial charge in [0.1, 0.15) is 0 Å². The summed E-state index contributed by atoms with van der Waals surface area (Å²) in [6, 6.07) is 8.95. The molecule has 2 N–H and O–H groups in total. The van der Waals surface area contributed by atoms with E-state index in [1.54, 1.807) is 0 Å². The van der Waals surface area contributed by atoms with Gasteiger partial charge < -0.3 is 10.4 Å². The third-order valence-corrected chi connectivity index (χ3v) is 4.34. The summed E-state index contributed by atoms with van der Waals surface area (Å²) in [5.41, 5.74) is 0.862. The van der Waals surface area contributed by atoms with Gasteiger partial charge in [0.25, 0.3) is 0 Å². The van der Waals surface area contributed by atoms with E-state index in [-0.39, 0.29) is 30.4 Å². The molecule has 132 valence electrons. The molecular weight excluding hydrogens is 318 g/mol. The smallest absolute Gasteiger partial charge is 0.247 e. The molecule has 0 bridgehead atoms. The number of hydrogen-bond donors (Lipinski definition) is 2. The van der Waals surface area contributed by atoms with Crippen molar-refractivity contribution in [2.45, 2.75) is 32.4 Å². The van der Waals surface area contributed by atoms with Gasteiger partial charge in [-0.25, -0.2) is 0 Å². The number of carbonyl (C=O) groups excluding carboxylic acids is 1. The Hall–Kier alpha value is -2.54. The molecule has 1 heterocycles. The molecule has 0 saturated heterocycles. The van der Waals surface area contributed by atoms with Gasteiger partial charge in [-0.2, -0.15) is 4.80 Å². The highest BCUT2D eigenvalue weighted by Crippen LogP contribution is 2.21. The lowest BCUT2D eigenvalue weighted by molar-refractivity contribution is -0.126. The van der Waals surface area contributed by atoms with Crippen LogP contribution in [0.3, 0.4) is 0 Å². The molecule has 1 aliphatic carbocycles. The standard InChI is InChI=1S/C18H23N5O2/c1-12(2)16(18(25)19-15-9-8-13(10-15)11-24)23-21-17(20-22-23)14-6-4-3-5-7-14/h3-9,12-13,15-16,24H,10-11H2,1-2H3,(H,19,25)/t13-,15+,16+/m0/s1. The maximum atomic E-state index is 12.7. The van der Waals surface area contributed by atoms with E-state index in [0.29, 0.717) is 12.2 Å². The van der Waals surface area contributed by atoms with Crippen molar-refractivity contribution in [2.24, 2.45) is 11.8 Å². The lowest BCUT2D eigenvalue weighted by Gasteiger charge is -2.21. The fourth-order valence-electron chi connectivity index (χ4n) is 3.01. The molecule has 0 aliphatic heterocycles. The van der Waals surface area contributed by atoms with Gasteiger partial charge in [0, 0.05) is 24.1 Å². The summed E-state index contributed by atoms with van der Waals surface area (Å²) < 4.78 is 0. The molecule has 25 heavy (non-hydrogen) atoms. The van der Waals surface area contributed by atoms with Gasteiger partial charge in [-0.1, -0.05) is 56.3 Å². The van der Waals surface area contributed by atoms with Crippen LogP contribution in [0.4, 0.5) is 0 Å². The number of aliphatic hydroxyl groups excluding tert-OH is 1. The summed E-state index contributed by atoms with van der Waals surface area (Å²) in [7, 11) is 0. The minimum atomic E-state index is -0.536. The Balaban J connectivity index is 1.74. The van der Waals surface area contributed by atoms with E-state index in [0.717, 1.165) is 5.56 Å². The van der Waals surface area contributed by atoms with Crippen molar-refractivity contribution in [1.82, 2.24) is 25.5 Å². The van der Waals surface area contributed by atoms with E-state index in [1.807, 2.05) is 56.3 Å². The molecule has 0 fully saturated rings. The average Bonchev–Trinajstić information content (AvgIpc) is 3.25. The molecule has 1 amide bonds. The molecule has 3 atom stereocenters. The maximum Gasteiger partial charge on any atom is 0.247 e. The van der Waals surface area contributed by atoms with E-state index >= 15 is 0 Å². The van der Waals surface area contributed by atoms with Gasteiger partial charge in [-0.05, 0) is 17.6 Å². The summed E-state index contributed by atoms with van der Waals surface area (Å²) in [5.74, 6) is 0.481. The Bertz CT molecular complexity index is 741. The molecule has 3 rings (SSSR count). The number of aromatic nitrogens is 4. The van der Waals surface area contributed by atoms with Crippen LogP contribution >= 0.6 is 0 Å². The van der Waals surface area contributed by atoms with Crippen molar-refractivity contribution in [3.05, 3.63) is 42.5 Å². The van der Waals surface area contributed by atoms with Gasteiger partial charge >= 0.3 is 0 Å². The van der Waals surface area contributed by atoms with Gasteiger partial charge in [-0.15, -0.1) is 10.2 Å². The third-order valence-electron chi connectivity index (χ3n) is 4.34. The number of nitrogens with one attached hydrogen (secondary N) is 1. The first-order valence-corrected chi connectivity index (χ1v) is 8.53. The van der Waals surface area contributed by atoms with Crippen LogP contribution in [0.2, 0.25) is 0 Å². The predicted octanol–water partition coefficient (Wildman–Crippen LogP) is 1.59. The average molecular weight is 341 g/mol. The highest BCUT2D eigenvalue weighted by Gasteiger charge is 2.30. The first-order valence-electron chi connectivity index (χ1n) is 8.53. The lowest BCUT2D eigenvalue weighted by atomic mass is 10.0. The van der Waals surface area contributed by atoms with Gasteiger partial charge in [0.05, 0.1) is 0 Å². The summed E-state index contributed by atoms with van der Waals surface area (Å²) in [5, 5.41) is 24.8. The molecule has 0 saturated carbocycles. The fourth-order valence-corrected chi connectivity index (χ4v) is 3.01. The molecular formula is C18H23N5O2. The Morgan fingerprint density at radius 3 is 2.72 bits per heavy atom. The molecule has 1 aliphatic rings. The largest absolute Gasteiger partial charge is 0.396 e. The fraction of sp³-hybridized carbons (Fsp3) is 0.444.